The minimum Gasteiger partial charge on any atom is -0.508 e. The molecule has 1 saturated carbocycles. The first-order valence-corrected chi connectivity index (χ1v) is 7.09. The van der Waals surface area contributed by atoms with E-state index in [1.54, 1.807) is 12.1 Å². The van der Waals surface area contributed by atoms with Crippen LogP contribution in [0.3, 0.4) is 0 Å². The Bertz CT molecular complexity index is 526. The molecule has 1 atom stereocenters. The van der Waals surface area contributed by atoms with Crippen LogP contribution in [0, 0.1) is 5.41 Å². The van der Waals surface area contributed by atoms with Crippen LogP contribution in [-0.2, 0) is 6.42 Å². The van der Waals surface area contributed by atoms with Gasteiger partial charge in [-0.2, -0.15) is 0 Å². The van der Waals surface area contributed by atoms with Gasteiger partial charge < -0.3 is 20.8 Å². The van der Waals surface area contributed by atoms with Crippen molar-refractivity contribution >= 4 is 6.03 Å². The number of benzene rings is 1. The van der Waals surface area contributed by atoms with Gasteiger partial charge in [-0.15, -0.1) is 0 Å². The fraction of sp³-hybridized carbons (Fsp3) is 0.533. The van der Waals surface area contributed by atoms with Crippen molar-refractivity contribution in [2.24, 2.45) is 5.41 Å². The Kier molecular flexibility index (Phi) is 3.30. The third-order valence-corrected chi connectivity index (χ3v) is 4.47. The predicted molar refractivity (Wildman–Crippen MR) is 74.5 cm³/mol. The van der Waals surface area contributed by atoms with E-state index in [0.717, 1.165) is 36.8 Å². The summed E-state index contributed by atoms with van der Waals surface area (Å²) in [6.45, 7) is 0.655. The number of phenols is 1. The minimum atomic E-state index is -0.203. The molecule has 0 saturated heterocycles. The van der Waals surface area contributed by atoms with E-state index in [-0.39, 0.29) is 24.1 Å². The van der Waals surface area contributed by atoms with Crippen LogP contribution < -0.4 is 10.6 Å². The van der Waals surface area contributed by atoms with Gasteiger partial charge in [0, 0.05) is 12.0 Å². The minimum absolute atomic E-state index is 0.0404. The highest BCUT2D eigenvalue weighted by molar-refractivity contribution is 5.74. The van der Waals surface area contributed by atoms with Gasteiger partial charge in [-0.05, 0) is 42.9 Å². The summed E-state index contributed by atoms with van der Waals surface area (Å²) in [6.07, 6.45) is 3.55. The monoisotopic (exact) mass is 276 g/mol. The lowest BCUT2D eigenvalue weighted by Gasteiger charge is -2.17. The molecule has 0 radical (unpaired) electrons. The Morgan fingerprint density at radius 1 is 1.40 bits per heavy atom. The van der Waals surface area contributed by atoms with Crippen molar-refractivity contribution < 1.29 is 15.0 Å². The number of fused-ring (bicyclic) bond motifs is 1. The number of phenolic OH excluding ortho intramolecular Hbond substituents is 1. The summed E-state index contributed by atoms with van der Waals surface area (Å²) >= 11 is 0. The number of aliphatic hydroxyl groups is 1. The van der Waals surface area contributed by atoms with Crippen molar-refractivity contribution in [3.05, 3.63) is 29.3 Å². The highest BCUT2D eigenvalue weighted by Crippen LogP contribution is 2.44. The smallest absolute Gasteiger partial charge is 0.315 e. The van der Waals surface area contributed by atoms with Gasteiger partial charge in [0.15, 0.2) is 0 Å². The van der Waals surface area contributed by atoms with Gasteiger partial charge >= 0.3 is 6.03 Å². The maximum Gasteiger partial charge on any atom is 0.315 e. The molecule has 20 heavy (non-hydrogen) atoms. The van der Waals surface area contributed by atoms with Crippen molar-refractivity contribution in [3.8, 4) is 5.75 Å². The second-order valence-electron chi connectivity index (χ2n) is 5.92. The molecular formula is C15H20N2O3. The highest BCUT2D eigenvalue weighted by Gasteiger charge is 2.42. The summed E-state index contributed by atoms with van der Waals surface area (Å²) in [5.74, 6) is 0.310. The van der Waals surface area contributed by atoms with Crippen LogP contribution in [0.15, 0.2) is 18.2 Å². The third kappa shape index (κ3) is 2.45. The molecule has 1 aromatic carbocycles. The summed E-state index contributed by atoms with van der Waals surface area (Å²) in [5.41, 5.74) is 1.86. The molecular weight excluding hydrogens is 256 g/mol. The highest BCUT2D eigenvalue weighted by atomic mass is 16.3. The van der Waals surface area contributed by atoms with E-state index < -0.39 is 0 Å². The second kappa shape index (κ2) is 4.98. The van der Waals surface area contributed by atoms with Gasteiger partial charge in [0.1, 0.15) is 5.75 Å². The van der Waals surface area contributed by atoms with Gasteiger partial charge in [0.25, 0.3) is 0 Å². The van der Waals surface area contributed by atoms with Crippen LogP contribution in [0.2, 0.25) is 0 Å². The Balaban J connectivity index is 1.57. The maximum atomic E-state index is 11.9. The van der Waals surface area contributed by atoms with E-state index in [9.17, 15) is 15.0 Å². The Labute approximate surface area is 118 Å². The molecule has 0 aliphatic heterocycles. The average molecular weight is 276 g/mol. The molecule has 0 heterocycles. The first-order valence-electron chi connectivity index (χ1n) is 7.09. The lowest BCUT2D eigenvalue weighted by atomic mass is 10.1. The Morgan fingerprint density at radius 2 is 2.20 bits per heavy atom. The zero-order valence-electron chi connectivity index (χ0n) is 11.4. The second-order valence-corrected chi connectivity index (χ2v) is 5.92. The van der Waals surface area contributed by atoms with Crippen LogP contribution in [-0.4, -0.2) is 29.4 Å². The SMILES string of the molecule is O=C(NCC1(CO)CC1)NC1CCc2c(O)cccc21. The first-order chi connectivity index (χ1) is 9.63. The van der Waals surface area contributed by atoms with E-state index in [1.165, 1.54) is 0 Å². The number of carbonyl (C=O) groups is 1. The normalized spacial score (nSPS) is 22.1. The summed E-state index contributed by atoms with van der Waals surface area (Å²) in [4.78, 5) is 11.9. The molecule has 2 aliphatic rings. The van der Waals surface area contributed by atoms with Crippen LogP contribution in [0.25, 0.3) is 0 Å². The number of aliphatic hydroxyl groups excluding tert-OH is 1. The number of carbonyl (C=O) groups excluding carboxylic acids is 1. The number of urea groups is 1. The van der Waals surface area contributed by atoms with Crippen molar-refractivity contribution in [1.82, 2.24) is 10.6 Å². The van der Waals surface area contributed by atoms with Crippen molar-refractivity contribution in [2.45, 2.75) is 31.7 Å². The van der Waals surface area contributed by atoms with Gasteiger partial charge in [-0.1, -0.05) is 12.1 Å². The van der Waals surface area contributed by atoms with Crippen LogP contribution in [0.4, 0.5) is 4.79 Å². The molecule has 2 aliphatic carbocycles. The third-order valence-electron chi connectivity index (χ3n) is 4.47. The van der Waals surface area contributed by atoms with E-state index in [1.807, 2.05) is 6.07 Å². The number of amides is 2. The van der Waals surface area contributed by atoms with E-state index in [2.05, 4.69) is 10.6 Å². The molecule has 0 bridgehead atoms. The summed E-state index contributed by atoms with van der Waals surface area (Å²) in [7, 11) is 0. The number of nitrogens with one attached hydrogen (secondary N) is 2. The molecule has 5 nitrogen and oxygen atoms in total. The number of rotatable bonds is 4. The average Bonchev–Trinajstić information content (AvgIpc) is 3.13. The van der Waals surface area contributed by atoms with Gasteiger partial charge in [-0.3, -0.25) is 0 Å². The molecule has 0 aromatic heterocycles. The fourth-order valence-electron chi connectivity index (χ4n) is 2.83. The predicted octanol–water partition coefficient (Wildman–Crippen LogP) is 1.45. The zero-order valence-corrected chi connectivity index (χ0v) is 11.4. The lowest BCUT2D eigenvalue weighted by molar-refractivity contribution is 0.202. The summed E-state index contributed by atoms with van der Waals surface area (Å²) in [5, 5.41) is 24.8. The molecule has 1 aromatic rings. The van der Waals surface area contributed by atoms with Crippen molar-refractivity contribution in [1.29, 1.82) is 0 Å². The van der Waals surface area contributed by atoms with Crippen LogP contribution >= 0.6 is 0 Å². The van der Waals surface area contributed by atoms with E-state index >= 15 is 0 Å². The lowest BCUT2D eigenvalue weighted by Crippen LogP contribution is -2.40. The van der Waals surface area contributed by atoms with E-state index in [4.69, 9.17) is 0 Å². The molecule has 5 heteroatoms. The fourth-order valence-corrected chi connectivity index (χ4v) is 2.83. The molecule has 0 spiro atoms. The molecule has 2 amide bonds. The topological polar surface area (TPSA) is 81.6 Å². The number of hydrogen-bond acceptors (Lipinski definition) is 3. The van der Waals surface area contributed by atoms with Crippen LogP contribution in [0.1, 0.15) is 36.4 Å². The van der Waals surface area contributed by atoms with Crippen LogP contribution in [0.5, 0.6) is 5.75 Å². The number of hydrogen-bond donors (Lipinski definition) is 4. The Morgan fingerprint density at radius 3 is 2.90 bits per heavy atom. The molecule has 108 valence electrons. The molecule has 1 unspecified atom stereocenters. The molecule has 4 N–H and O–H groups in total. The molecule has 1 fully saturated rings. The summed E-state index contributed by atoms with van der Waals surface area (Å²) in [6, 6.07) is 5.19. The first kappa shape index (κ1) is 13.2. The quantitative estimate of drug-likeness (QED) is 0.672. The van der Waals surface area contributed by atoms with Crippen molar-refractivity contribution in [2.75, 3.05) is 13.2 Å². The number of aromatic hydroxyl groups is 1. The van der Waals surface area contributed by atoms with Gasteiger partial charge in [0.2, 0.25) is 0 Å². The molecule has 3 rings (SSSR count). The largest absolute Gasteiger partial charge is 0.508 e. The van der Waals surface area contributed by atoms with Gasteiger partial charge in [-0.25, -0.2) is 4.79 Å². The Hall–Kier alpha value is -1.75. The standard InChI is InChI=1S/C15H20N2O3/c18-9-15(6-7-15)8-16-14(20)17-12-5-4-11-10(12)2-1-3-13(11)19/h1-3,12,18-19H,4-9H2,(H2,16,17,20). The maximum absolute atomic E-state index is 11.9. The van der Waals surface area contributed by atoms with Gasteiger partial charge in [0.05, 0.1) is 12.6 Å². The zero-order chi connectivity index (χ0) is 14.2. The van der Waals surface area contributed by atoms with E-state index in [0.29, 0.717) is 12.3 Å². The summed E-state index contributed by atoms with van der Waals surface area (Å²) < 4.78 is 0. The van der Waals surface area contributed by atoms with Crippen molar-refractivity contribution in [3.63, 3.8) is 0 Å².